The van der Waals surface area contributed by atoms with Crippen LogP contribution >= 0.6 is 0 Å². The molecule has 0 spiro atoms. The monoisotopic (exact) mass is 424 g/mol. The second-order valence-electron chi connectivity index (χ2n) is 8.22. The summed E-state index contributed by atoms with van der Waals surface area (Å²) < 4.78 is 5.24. The zero-order valence-electron chi connectivity index (χ0n) is 19.7. The summed E-state index contributed by atoms with van der Waals surface area (Å²) in [6, 6.07) is 13.3. The standard InChI is InChI=1S/C26H36N2O3/c1-7-20(5)27-26(30)24(8-2)28(17-21-11-13-23(31-6)14-12-21)25(29)16-22-15-18(3)9-10-19(22)4/h9-15,20,24H,7-8,16-17H2,1-6H3,(H,27,30). The Morgan fingerprint density at radius 2 is 1.71 bits per heavy atom. The van der Waals surface area contributed by atoms with E-state index in [1.54, 1.807) is 12.0 Å². The molecule has 0 aromatic heterocycles. The molecule has 0 aliphatic carbocycles. The van der Waals surface area contributed by atoms with Crippen LogP contribution in [-0.2, 0) is 22.6 Å². The third-order valence-corrected chi connectivity index (χ3v) is 5.75. The minimum atomic E-state index is -0.520. The van der Waals surface area contributed by atoms with Crippen LogP contribution in [0.15, 0.2) is 42.5 Å². The van der Waals surface area contributed by atoms with Crippen LogP contribution < -0.4 is 10.1 Å². The SMILES string of the molecule is CCC(C)NC(=O)C(CC)N(Cc1ccc(OC)cc1)C(=O)Cc1cc(C)ccc1C. The van der Waals surface area contributed by atoms with Gasteiger partial charge in [0.05, 0.1) is 13.5 Å². The van der Waals surface area contributed by atoms with E-state index in [9.17, 15) is 9.59 Å². The third kappa shape index (κ3) is 6.84. The van der Waals surface area contributed by atoms with Crippen molar-refractivity contribution in [1.82, 2.24) is 10.2 Å². The first-order chi connectivity index (χ1) is 14.8. The Hall–Kier alpha value is -2.82. The molecule has 5 heteroatoms. The Morgan fingerprint density at radius 1 is 1.03 bits per heavy atom. The number of aryl methyl sites for hydroxylation is 2. The van der Waals surface area contributed by atoms with E-state index >= 15 is 0 Å². The minimum Gasteiger partial charge on any atom is -0.497 e. The smallest absolute Gasteiger partial charge is 0.243 e. The van der Waals surface area contributed by atoms with Crippen LogP contribution in [0.5, 0.6) is 5.75 Å². The van der Waals surface area contributed by atoms with Crippen molar-refractivity contribution in [2.75, 3.05) is 7.11 Å². The molecule has 2 rings (SSSR count). The van der Waals surface area contributed by atoms with Gasteiger partial charge in [-0.3, -0.25) is 9.59 Å². The van der Waals surface area contributed by atoms with Gasteiger partial charge in [-0.15, -0.1) is 0 Å². The van der Waals surface area contributed by atoms with Gasteiger partial charge in [0, 0.05) is 12.6 Å². The number of nitrogens with zero attached hydrogens (tertiary/aromatic N) is 1. The predicted octanol–water partition coefficient (Wildman–Crippen LogP) is 4.58. The molecule has 2 aromatic carbocycles. The van der Waals surface area contributed by atoms with Gasteiger partial charge >= 0.3 is 0 Å². The van der Waals surface area contributed by atoms with Crippen LogP contribution in [-0.4, -0.2) is 35.9 Å². The van der Waals surface area contributed by atoms with Crippen molar-refractivity contribution in [3.8, 4) is 5.75 Å². The lowest BCUT2D eigenvalue weighted by Crippen LogP contribution is -2.51. The highest BCUT2D eigenvalue weighted by atomic mass is 16.5. The van der Waals surface area contributed by atoms with E-state index in [-0.39, 0.29) is 24.3 Å². The van der Waals surface area contributed by atoms with Crippen molar-refractivity contribution >= 4 is 11.8 Å². The third-order valence-electron chi connectivity index (χ3n) is 5.75. The van der Waals surface area contributed by atoms with Gasteiger partial charge in [-0.1, -0.05) is 49.7 Å². The molecule has 1 N–H and O–H groups in total. The molecule has 0 heterocycles. The van der Waals surface area contributed by atoms with Crippen LogP contribution in [0.2, 0.25) is 0 Å². The highest BCUT2D eigenvalue weighted by Gasteiger charge is 2.29. The molecule has 0 bridgehead atoms. The molecule has 2 unspecified atom stereocenters. The lowest BCUT2D eigenvalue weighted by Gasteiger charge is -2.32. The topological polar surface area (TPSA) is 58.6 Å². The van der Waals surface area contributed by atoms with Crippen molar-refractivity contribution in [3.05, 3.63) is 64.7 Å². The quantitative estimate of drug-likeness (QED) is 0.607. The first-order valence-electron chi connectivity index (χ1n) is 11.1. The van der Waals surface area contributed by atoms with Crippen molar-refractivity contribution in [2.45, 2.75) is 72.5 Å². The highest BCUT2D eigenvalue weighted by molar-refractivity contribution is 5.88. The first-order valence-corrected chi connectivity index (χ1v) is 11.1. The van der Waals surface area contributed by atoms with Crippen molar-refractivity contribution in [3.63, 3.8) is 0 Å². The summed E-state index contributed by atoms with van der Waals surface area (Å²) in [5.74, 6) is 0.619. The normalized spacial score (nSPS) is 12.7. The molecule has 2 amide bonds. The Balaban J connectivity index is 2.33. The maximum absolute atomic E-state index is 13.5. The number of nitrogens with one attached hydrogen (secondary N) is 1. The van der Waals surface area contributed by atoms with Crippen LogP contribution in [0, 0.1) is 13.8 Å². The number of ether oxygens (including phenoxy) is 1. The molecule has 31 heavy (non-hydrogen) atoms. The van der Waals surface area contributed by atoms with E-state index in [0.29, 0.717) is 13.0 Å². The number of methoxy groups -OCH3 is 1. The molecular weight excluding hydrogens is 388 g/mol. The summed E-state index contributed by atoms with van der Waals surface area (Å²) >= 11 is 0. The average molecular weight is 425 g/mol. The van der Waals surface area contributed by atoms with E-state index in [1.807, 2.05) is 71.0 Å². The van der Waals surface area contributed by atoms with Gasteiger partial charge in [-0.05, 0) is 62.4 Å². The molecule has 0 aliphatic rings. The van der Waals surface area contributed by atoms with Gasteiger partial charge in [0.25, 0.3) is 0 Å². The van der Waals surface area contributed by atoms with Crippen LogP contribution in [0.25, 0.3) is 0 Å². The number of amides is 2. The van der Waals surface area contributed by atoms with Gasteiger partial charge in [0.1, 0.15) is 11.8 Å². The lowest BCUT2D eigenvalue weighted by molar-refractivity contribution is -0.141. The molecule has 0 radical (unpaired) electrons. The van der Waals surface area contributed by atoms with E-state index in [1.165, 1.54) is 0 Å². The lowest BCUT2D eigenvalue weighted by atomic mass is 10.0. The molecule has 2 atom stereocenters. The summed E-state index contributed by atoms with van der Waals surface area (Å²) in [5.41, 5.74) is 4.17. The molecule has 5 nitrogen and oxygen atoms in total. The molecule has 0 aliphatic heterocycles. The summed E-state index contributed by atoms with van der Waals surface area (Å²) in [7, 11) is 1.63. The van der Waals surface area contributed by atoms with Gasteiger partial charge < -0.3 is 15.0 Å². The van der Waals surface area contributed by atoms with E-state index in [4.69, 9.17) is 4.74 Å². The summed E-state index contributed by atoms with van der Waals surface area (Å²) in [5, 5.41) is 3.05. The fourth-order valence-electron chi connectivity index (χ4n) is 3.54. The van der Waals surface area contributed by atoms with Gasteiger partial charge in [-0.2, -0.15) is 0 Å². The van der Waals surface area contributed by atoms with Gasteiger partial charge in [-0.25, -0.2) is 0 Å². The molecular formula is C26H36N2O3. The highest BCUT2D eigenvalue weighted by Crippen LogP contribution is 2.19. The van der Waals surface area contributed by atoms with Gasteiger partial charge in [0.15, 0.2) is 0 Å². The number of carbonyl (C=O) groups excluding carboxylic acids is 2. The number of rotatable bonds is 10. The molecule has 0 saturated heterocycles. The van der Waals surface area contributed by atoms with Crippen LogP contribution in [0.3, 0.4) is 0 Å². The number of benzene rings is 2. The second-order valence-corrected chi connectivity index (χ2v) is 8.22. The van der Waals surface area contributed by atoms with Crippen molar-refractivity contribution in [1.29, 1.82) is 0 Å². The number of carbonyl (C=O) groups is 2. The molecule has 168 valence electrons. The molecule has 2 aromatic rings. The Kier molecular flexibility index (Phi) is 9.10. The zero-order chi connectivity index (χ0) is 23.0. The number of hydrogen-bond acceptors (Lipinski definition) is 3. The summed E-state index contributed by atoms with van der Waals surface area (Å²) in [6.45, 7) is 10.4. The summed E-state index contributed by atoms with van der Waals surface area (Å²) in [4.78, 5) is 28.2. The summed E-state index contributed by atoms with van der Waals surface area (Å²) in [6.07, 6.45) is 1.67. The molecule has 0 fully saturated rings. The minimum absolute atomic E-state index is 0.0457. The fraction of sp³-hybridized carbons (Fsp3) is 0.462. The van der Waals surface area contributed by atoms with E-state index in [0.717, 1.165) is 34.4 Å². The Labute approximate surface area is 186 Å². The van der Waals surface area contributed by atoms with Crippen LogP contribution in [0.4, 0.5) is 0 Å². The Bertz CT molecular complexity index is 877. The second kappa shape index (κ2) is 11.5. The number of hydrogen-bond donors (Lipinski definition) is 1. The zero-order valence-corrected chi connectivity index (χ0v) is 19.7. The predicted molar refractivity (Wildman–Crippen MR) is 125 cm³/mol. The first kappa shape index (κ1) is 24.4. The maximum Gasteiger partial charge on any atom is 0.243 e. The van der Waals surface area contributed by atoms with Crippen LogP contribution in [0.1, 0.15) is 55.9 Å². The Morgan fingerprint density at radius 3 is 2.29 bits per heavy atom. The maximum atomic E-state index is 13.5. The largest absolute Gasteiger partial charge is 0.497 e. The van der Waals surface area contributed by atoms with Crippen molar-refractivity contribution in [2.24, 2.45) is 0 Å². The fourth-order valence-corrected chi connectivity index (χ4v) is 3.54. The van der Waals surface area contributed by atoms with Crippen molar-refractivity contribution < 1.29 is 14.3 Å². The average Bonchev–Trinajstić information content (AvgIpc) is 2.76. The van der Waals surface area contributed by atoms with Gasteiger partial charge in [0.2, 0.25) is 11.8 Å². The molecule has 0 saturated carbocycles. The van der Waals surface area contributed by atoms with E-state index < -0.39 is 6.04 Å². The van der Waals surface area contributed by atoms with E-state index in [2.05, 4.69) is 11.4 Å².